The van der Waals surface area contributed by atoms with Crippen LogP contribution in [-0.2, 0) is 13.6 Å². The highest BCUT2D eigenvalue weighted by Crippen LogP contribution is 2.09. The first-order chi connectivity index (χ1) is 8.58. The number of rotatable bonds is 3. The number of hydrogen-bond acceptors (Lipinski definition) is 3. The second kappa shape index (κ2) is 4.95. The van der Waals surface area contributed by atoms with Gasteiger partial charge >= 0.3 is 0 Å². The average Bonchev–Trinajstić information content (AvgIpc) is 2.75. The van der Waals surface area contributed by atoms with Crippen LogP contribution in [-0.4, -0.2) is 20.7 Å². The number of amides is 1. The lowest BCUT2D eigenvalue weighted by Crippen LogP contribution is -2.24. The molecule has 2 rings (SSSR count). The van der Waals surface area contributed by atoms with Crippen LogP contribution < -0.4 is 5.32 Å². The van der Waals surface area contributed by atoms with Crippen LogP contribution in [0.4, 0.5) is 4.39 Å². The first kappa shape index (κ1) is 12.2. The van der Waals surface area contributed by atoms with E-state index < -0.39 is 0 Å². The van der Waals surface area contributed by atoms with E-state index in [1.165, 1.54) is 18.2 Å². The maximum atomic E-state index is 13.1. The molecule has 0 aliphatic heterocycles. The first-order valence-corrected chi connectivity index (χ1v) is 5.45. The molecule has 1 N–H and O–H groups in total. The van der Waals surface area contributed by atoms with Crippen molar-refractivity contribution in [3.63, 3.8) is 0 Å². The number of halogens is 1. The Labute approximate surface area is 104 Å². The van der Waals surface area contributed by atoms with E-state index in [1.807, 2.05) is 0 Å². The quantitative estimate of drug-likeness (QED) is 0.887. The van der Waals surface area contributed by atoms with Crippen molar-refractivity contribution >= 4 is 5.91 Å². The molecule has 6 heteroatoms. The zero-order chi connectivity index (χ0) is 13.1. The van der Waals surface area contributed by atoms with Gasteiger partial charge in [0.1, 0.15) is 12.1 Å². The predicted octanol–water partition coefficient (Wildman–Crippen LogP) is 1.19. The van der Waals surface area contributed by atoms with Crippen LogP contribution in [0.3, 0.4) is 0 Å². The fraction of sp³-hybridized carbons (Fsp3) is 0.250. The van der Waals surface area contributed by atoms with Crippen molar-refractivity contribution in [1.82, 2.24) is 20.1 Å². The first-order valence-electron chi connectivity index (χ1n) is 5.45. The molecule has 0 radical (unpaired) electrons. The number of aromatic nitrogens is 3. The minimum Gasteiger partial charge on any atom is -0.345 e. The molecule has 0 atom stereocenters. The van der Waals surface area contributed by atoms with Crippen molar-refractivity contribution in [1.29, 1.82) is 0 Å². The van der Waals surface area contributed by atoms with E-state index in [4.69, 9.17) is 0 Å². The maximum Gasteiger partial charge on any atom is 0.251 e. The molecule has 0 saturated carbocycles. The van der Waals surface area contributed by atoms with E-state index in [-0.39, 0.29) is 18.3 Å². The number of benzene rings is 1. The van der Waals surface area contributed by atoms with Gasteiger partial charge in [-0.3, -0.25) is 4.79 Å². The van der Waals surface area contributed by atoms with Gasteiger partial charge in [0.05, 0.1) is 6.54 Å². The van der Waals surface area contributed by atoms with Gasteiger partial charge in [0.15, 0.2) is 5.82 Å². The summed E-state index contributed by atoms with van der Waals surface area (Å²) in [6.07, 6.45) is 1.56. The second-order valence-electron chi connectivity index (χ2n) is 4.00. The van der Waals surface area contributed by atoms with Crippen molar-refractivity contribution in [2.24, 2.45) is 7.05 Å². The van der Waals surface area contributed by atoms with Gasteiger partial charge in [0.2, 0.25) is 0 Å². The number of nitrogens with zero attached hydrogens (tertiary/aromatic N) is 3. The molecule has 0 aliphatic carbocycles. The van der Waals surface area contributed by atoms with E-state index >= 15 is 0 Å². The molecule has 0 aliphatic rings. The van der Waals surface area contributed by atoms with E-state index in [1.54, 1.807) is 24.9 Å². The Morgan fingerprint density at radius 2 is 2.28 bits per heavy atom. The normalized spacial score (nSPS) is 10.4. The van der Waals surface area contributed by atoms with E-state index in [2.05, 4.69) is 15.5 Å². The number of nitrogens with one attached hydrogen (secondary N) is 1. The van der Waals surface area contributed by atoms with E-state index in [0.29, 0.717) is 17.0 Å². The maximum absolute atomic E-state index is 13.1. The molecule has 18 heavy (non-hydrogen) atoms. The number of carbonyl (C=O) groups excluding carboxylic acids is 1. The lowest BCUT2D eigenvalue weighted by molar-refractivity contribution is 0.0949. The fourth-order valence-electron chi connectivity index (χ4n) is 1.51. The highest BCUT2D eigenvalue weighted by molar-refractivity contribution is 5.94. The topological polar surface area (TPSA) is 59.8 Å². The molecule has 0 unspecified atom stereocenters. The summed E-state index contributed by atoms with van der Waals surface area (Å²) in [5, 5.41) is 10.3. The molecule has 94 valence electrons. The van der Waals surface area contributed by atoms with Gasteiger partial charge < -0.3 is 9.88 Å². The summed E-state index contributed by atoms with van der Waals surface area (Å²) in [5.41, 5.74) is 0.873. The summed E-state index contributed by atoms with van der Waals surface area (Å²) in [6, 6.07) is 4.25. The Kier molecular flexibility index (Phi) is 3.36. The van der Waals surface area contributed by atoms with Crippen LogP contribution in [0.15, 0.2) is 24.5 Å². The lowest BCUT2D eigenvalue weighted by Gasteiger charge is -2.05. The summed E-state index contributed by atoms with van der Waals surface area (Å²) < 4.78 is 14.8. The molecular weight excluding hydrogens is 235 g/mol. The Morgan fingerprint density at radius 3 is 2.89 bits per heavy atom. The predicted molar refractivity (Wildman–Crippen MR) is 63.3 cm³/mol. The molecule has 5 nitrogen and oxygen atoms in total. The molecule has 0 bridgehead atoms. The number of aryl methyl sites for hydroxylation is 2. The molecule has 1 heterocycles. The van der Waals surface area contributed by atoms with Crippen LogP contribution in [0.25, 0.3) is 0 Å². The van der Waals surface area contributed by atoms with Gasteiger partial charge in [0, 0.05) is 12.6 Å². The summed E-state index contributed by atoms with van der Waals surface area (Å²) >= 11 is 0. The van der Waals surface area contributed by atoms with E-state index in [0.717, 1.165) is 0 Å². The Morgan fingerprint density at radius 1 is 1.50 bits per heavy atom. The fourth-order valence-corrected chi connectivity index (χ4v) is 1.51. The smallest absolute Gasteiger partial charge is 0.251 e. The highest BCUT2D eigenvalue weighted by atomic mass is 19.1. The van der Waals surface area contributed by atoms with Crippen molar-refractivity contribution in [2.75, 3.05) is 0 Å². The third kappa shape index (κ3) is 2.53. The minimum absolute atomic E-state index is 0.263. The van der Waals surface area contributed by atoms with Gasteiger partial charge in [-0.05, 0) is 30.7 Å². The van der Waals surface area contributed by atoms with Gasteiger partial charge in [-0.15, -0.1) is 10.2 Å². The molecule has 1 aromatic heterocycles. The Hall–Kier alpha value is -2.24. The van der Waals surface area contributed by atoms with Crippen LogP contribution in [0.5, 0.6) is 0 Å². The summed E-state index contributed by atoms with van der Waals surface area (Å²) in [5.74, 6) is 0.0723. The summed E-state index contributed by atoms with van der Waals surface area (Å²) in [4.78, 5) is 11.8. The number of hydrogen-bond donors (Lipinski definition) is 1. The van der Waals surface area contributed by atoms with Crippen LogP contribution in [0.2, 0.25) is 0 Å². The second-order valence-corrected chi connectivity index (χ2v) is 4.00. The molecular formula is C12H13FN4O. The average molecular weight is 248 g/mol. The van der Waals surface area contributed by atoms with Crippen LogP contribution in [0.1, 0.15) is 21.7 Å². The molecule has 1 aromatic carbocycles. The van der Waals surface area contributed by atoms with Crippen LogP contribution in [0, 0.1) is 12.7 Å². The van der Waals surface area contributed by atoms with Gasteiger partial charge in [-0.1, -0.05) is 0 Å². The summed E-state index contributed by atoms with van der Waals surface area (Å²) in [7, 11) is 1.80. The van der Waals surface area contributed by atoms with Gasteiger partial charge in [-0.2, -0.15) is 0 Å². The van der Waals surface area contributed by atoms with Crippen LogP contribution >= 0.6 is 0 Å². The van der Waals surface area contributed by atoms with Crippen molar-refractivity contribution in [3.8, 4) is 0 Å². The molecule has 0 saturated heterocycles. The monoisotopic (exact) mass is 248 g/mol. The molecule has 0 fully saturated rings. The zero-order valence-electron chi connectivity index (χ0n) is 10.1. The zero-order valence-corrected chi connectivity index (χ0v) is 10.1. The number of carbonyl (C=O) groups is 1. The van der Waals surface area contributed by atoms with Gasteiger partial charge in [-0.25, -0.2) is 4.39 Å². The van der Waals surface area contributed by atoms with Crippen molar-refractivity contribution < 1.29 is 9.18 Å². The molecule has 2 aromatic rings. The standard InChI is InChI=1S/C12H13FN4O/c1-8-5-9(3-4-10(8)13)12(18)14-6-11-16-15-7-17(11)2/h3-5,7H,6H2,1-2H3,(H,14,18). The van der Waals surface area contributed by atoms with Gasteiger partial charge in [0.25, 0.3) is 5.91 Å². The largest absolute Gasteiger partial charge is 0.345 e. The van der Waals surface area contributed by atoms with E-state index in [9.17, 15) is 9.18 Å². The third-order valence-corrected chi connectivity index (χ3v) is 2.63. The Balaban J connectivity index is 2.04. The Bertz CT molecular complexity index is 579. The molecule has 0 spiro atoms. The van der Waals surface area contributed by atoms with Crippen molar-refractivity contribution in [2.45, 2.75) is 13.5 Å². The molecule has 1 amide bonds. The summed E-state index contributed by atoms with van der Waals surface area (Å²) in [6.45, 7) is 1.90. The lowest BCUT2D eigenvalue weighted by atomic mass is 10.1. The SMILES string of the molecule is Cc1cc(C(=O)NCc2nncn2C)ccc1F. The van der Waals surface area contributed by atoms with Crippen molar-refractivity contribution in [3.05, 3.63) is 47.3 Å². The highest BCUT2D eigenvalue weighted by Gasteiger charge is 2.09. The minimum atomic E-state index is -0.320. The third-order valence-electron chi connectivity index (χ3n) is 2.63.